The number of nitrogens with zero attached hydrogens (tertiary/aromatic N) is 1. The molecule has 0 radical (unpaired) electrons. The first-order valence-electron chi connectivity index (χ1n) is 10.2. The predicted octanol–water partition coefficient (Wildman–Crippen LogP) is 4.24. The monoisotopic (exact) mass is 461 g/mol. The molecule has 0 atom stereocenters. The van der Waals surface area contributed by atoms with E-state index in [0.717, 1.165) is 0 Å². The van der Waals surface area contributed by atoms with Gasteiger partial charge in [0, 0.05) is 50.1 Å². The Morgan fingerprint density at radius 2 is 1.00 bits per heavy atom. The van der Waals surface area contributed by atoms with Crippen molar-refractivity contribution in [2.24, 2.45) is 0 Å². The number of aromatic nitrogens is 1. The number of carbonyl (C=O) groups excluding carboxylic acids is 4. The molecule has 0 fully saturated rings. The van der Waals surface area contributed by atoms with Crippen LogP contribution in [0.5, 0.6) is 23.0 Å². The van der Waals surface area contributed by atoms with Gasteiger partial charge in [0.2, 0.25) is 0 Å². The number of esters is 4. The lowest BCUT2D eigenvalue weighted by Crippen LogP contribution is -2.07. The molecule has 172 valence electrons. The summed E-state index contributed by atoms with van der Waals surface area (Å²) in [5.74, 6) is -1.88. The normalized spacial score (nSPS) is 10.8. The second kappa shape index (κ2) is 8.78. The molecule has 4 rings (SSSR count). The maximum absolute atomic E-state index is 11.6. The Kier molecular flexibility index (Phi) is 5.85. The summed E-state index contributed by atoms with van der Waals surface area (Å²) in [6, 6.07) is 9.96. The van der Waals surface area contributed by atoms with E-state index in [-0.39, 0.29) is 23.0 Å². The molecule has 1 heterocycles. The van der Waals surface area contributed by atoms with E-state index in [1.165, 1.54) is 27.7 Å². The smallest absolute Gasteiger partial charge is 0.308 e. The largest absolute Gasteiger partial charge is 0.423 e. The van der Waals surface area contributed by atoms with E-state index in [4.69, 9.17) is 18.9 Å². The Hall–Kier alpha value is -4.53. The number of rotatable bonds is 4. The maximum Gasteiger partial charge on any atom is 0.308 e. The first-order chi connectivity index (χ1) is 16.1. The summed E-state index contributed by atoms with van der Waals surface area (Å²) in [5.41, 5.74) is 0.571. The lowest BCUT2D eigenvalue weighted by Gasteiger charge is -2.14. The molecule has 4 aromatic rings. The number of ether oxygens (including phenoxy) is 4. The lowest BCUT2D eigenvalue weighted by molar-refractivity contribution is -0.134. The van der Waals surface area contributed by atoms with Crippen molar-refractivity contribution in [2.75, 3.05) is 0 Å². The molecule has 3 aromatic carbocycles. The molecule has 34 heavy (non-hydrogen) atoms. The molecule has 0 aliphatic carbocycles. The second-order valence-corrected chi connectivity index (χ2v) is 7.50. The van der Waals surface area contributed by atoms with E-state index in [1.807, 2.05) is 6.07 Å². The Balaban J connectivity index is 2.00. The number of hydrogen-bond acceptors (Lipinski definition) is 9. The standard InChI is InChI=1S/C25H19NO8/c1-12(27)31-21-7-16-5-6-18-19-9-23(33-14(3)29)22(32-13(2)28)8-17(19)11-26-25(18)20(16)10-24(21)34-15(4)30/h5-11H,1-4H3. The van der Waals surface area contributed by atoms with Gasteiger partial charge in [-0.2, -0.15) is 0 Å². The summed E-state index contributed by atoms with van der Waals surface area (Å²) in [7, 11) is 0. The van der Waals surface area contributed by atoms with Gasteiger partial charge in [-0.1, -0.05) is 12.1 Å². The highest BCUT2D eigenvalue weighted by molar-refractivity contribution is 6.16. The van der Waals surface area contributed by atoms with Crippen LogP contribution in [0, 0.1) is 0 Å². The van der Waals surface area contributed by atoms with Gasteiger partial charge in [0.1, 0.15) is 0 Å². The van der Waals surface area contributed by atoms with Crippen molar-refractivity contribution in [3.05, 3.63) is 42.6 Å². The number of carbonyl (C=O) groups is 4. The minimum atomic E-state index is -0.574. The van der Waals surface area contributed by atoms with Crippen molar-refractivity contribution in [3.8, 4) is 23.0 Å². The molecule has 9 heteroatoms. The third-order valence-corrected chi connectivity index (χ3v) is 4.81. The van der Waals surface area contributed by atoms with E-state index in [9.17, 15) is 19.2 Å². The Labute approximate surface area is 193 Å². The van der Waals surface area contributed by atoms with Crippen molar-refractivity contribution < 1.29 is 38.1 Å². The summed E-state index contributed by atoms with van der Waals surface area (Å²) in [6.07, 6.45) is 1.59. The summed E-state index contributed by atoms with van der Waals surface area (Å²) in [6.45, 7) is 4.99. The first kappa shape index (κ1) is 22.7. The summed E-state index contributed by atoms with van der Waals surface area (Å²) < 4.78 is 20.9. The van der Waals surface area contributed by atoms with Crippen LogP contribution >= 0.6 is 0 Å². The van der Waals surface area contributed by atoms with Gasteiger partial charge in [-0.3, -0.25) is 24.2 Å². The topological polar surface area (TPSA) is 118 Å². The third kappa shape index (κ3) is 4.49. The van der Waals surface area contributed by atoms with Crippen molar-refractivity contribution >= 4 is 56.3 Å². The molecule has 0 aliphatic rings. The van der Waals surface area contributed by atoms with Gasteiger partial charge >= 0.3 is 23.9 Å². The molecular formula is C25H19NO8. The van der Waals surface area contributed by atoms with Crippen molar-refractivity contribution in [3.63, 3.8) is 0 Å². The zero-order valence-electron chi connectivity index (χ0n) is 18.8. The number of benzene rings is 3. The molecule has 0 saturated heterocycles. The minimum Gasteiger partial charge on any atom is -0.423 e. The van der Waals surface area contributed by atoms with Crippen molar-refractivity contribution in [2.45, 2.75) is 27.7 Å². The molecule has 0 amide bonds. The van der Waals surface area contributed by atoms with Crippen LogP contribution in [0.3, 0.4) is 0 Å². The van der Waals surface area contributed by atoms with Crippen LogP contribution in [0.4, 0.5) is 0 Å². The SMILES string of the molecule is CC(=O)Oc1cc2cnc3c4cc(OC(C)=O)c(OC(C)=O)cc4ccc3c2cc1OC(C)=O. The molecular weight excluding hydrogens is 442 g/mol. The molecule has 0 spiro atoms. The van der Waals surface area contributed by atoms with Crippen LogP contribution in [0.1, 0.15) is 27.7 Å². The van der Waals surface area contributed by atoms with Crippen LogP contribution in [0.2, 0.25) is 0 Å². The molecule has 9 nitrogen and oxygen atoms in total. The minimum absolute atomic E-state index is 0.0791. The van der Waals surface area contributed by atoms with E-state index < -0.39 is 23.9 Å². The number of pyridine rings is 1. The van der Waals surface area contributed by atoms with Crippen LogP contribution in [-0.4, -0.2) is 28.9 Å². The third-order valence-electron chi connectivity index (χ3n) is 4.81. The van der Waals surface area contributed by atoms with Gasteiger partial charge in [0.05, 0.1) is 5.52 Å². The fourth-order valence-corrected chi connectivity index (χ4v) is 3.66. The highest BCUT2D eigenvalue weighted by Gasteiger charge is 2.17. The number of fused-ring (bicyclic) bond motifs is 5. The van der Waals surface area contributed by atoms with Gasteiger partial charge in [0.25, 0.3) is 0 Å². The average Bonchev–Trinajstić information content (AvgIpc) is 2.72. The summed E-state index contributed by atoms with van der Waals surface area (Å²) >= 11 is 0. The molecule has 0 bridgehead atoms. The summed E-state index contributed by atoms with van der Waals surface area (Å²) in [5, 5.41) is 3.39. The first-order valence-corrected chi connectivity index (χ1v) is 10.2. The van der Waals surface area contributed by atoms with Crippen molar-refractivity contribution in [1.82, 2.24) is 4.98 Å². The molecule has 0 aliphatic heterocycles. The fraction of sp³-hybridized carbons (Fsp3) is 0.160. The van der Waals surface area contributed by atoms with Crippen molar-refractivity contribution in [1.29, 1.82) is 0 Å². The van der Waals surface area contributed by atoms with Gasteiger partial charge in [-0.25, -0.2) is 0 Å². The molecule has 1 aromatic heterocycles. The zero-order valence-corrected chi connectivity index (χ0v) is 18.8. The van der Waals surface area contributed by atoms with Gasteiger partial charge in [0.15, 0.2) is 23.0 Å². The summed E-state index contributed by atoms with van der Waals surface area (Å²) in [4.78, 5) is 50.8. The van der Waals surface area contributed by atoms with Crippen LogP contribution in [0.15, 0.2) is 42.6 Å². The Morgan fingerprint density at radius 1 is 0.559 bits per heavy atom. The van der Waals surface area contributed by atoms with E-state index >= 15 is 0 Å². The fourth-order valence-electron chi connectivity index (χ4n) is 3.66. The zero-order chi connectivity index (χ0) is 24.6. The van der Waals surface area contributed by atoms with Crippen LogP contribution in [-0.2, 0) is 19.2 Å². The Morgan fingerprint density at radius 3 is 1.50 bits per heavy atom. The Bertz CT molecular complexity index is 1410. The van der Waals surface area contributed by atoms with E-state index in [0.29, 0.717) is 32.4 Å². The molecule has 0 N–H and O–H groups in total. The lowest BCUT2D eigenvalue weighted by atomic mass is 10.0. The molecule has 0 saturated carbocycles. The van der Waals surface area contributed by atoms with E-state index in [1.54, 1.807) is 36.5 Å². The highest BCUT2D eigenvalue weighted by Crippen LogP contribution is 2.40. The van der Waals surface area contributed by atoms with Crippen LogP contribution in [0.25, 0.3) is 32.4 Å². The van der Waals surface area contributed by atoms with Crippen LogP contribution < -0.4 is 18.9 Å². The maximum atomic E-state index is 11.6. The highest BCUT2D eigenvalue weighted by atomic mass is 16.6. The van der Waals surface area contributed by atoms with E-state index in [2.05, 4.69) is 4.98 Å². The quantitative estimate of drug-likeness (QED) is 0.250. The second-order valence-electron chi connectivity index (χ2n) is 7.50. The van der Waals surface area contributed by atoms with Gasteiger partial charge in [-0.15, -0.1) is 0 Å². The van der Waals surface area contributed by atoms with Gasteiger partial charge < -0.3 is 18.9 Å². The average molecular weight is 461 g/mol. The predicted molar refractivity (Wildman–Crippen MR) is 122 cm³/mol. The molecule has 0 unspecified atom stereocenters. The van der Waals surface area contributed by atoms with Gasteiger partial charge in [-0.05, 0) is 35.0 Å². The number of hydrogen-bond donors (Lipinski definition) is 0.